The molecule has 2 amide bonds. The highest BCUT2D eigenvalue weighted by Gasteiger charge is 2.16. The summed E-state index contributed by atoms with van der Waals surface area (Å²) in [5.41, 5.74) is 1.26. The van der Waals surface area contributed by atoms with Gasteiger partial charge in [-0.1, -0.05) is 12.1 Å². The fourth-order valence-electron chi connectivity index (χ4n) is 2.31. The van der Waals surface area contributed by atoms with E-state index >= 15 is 0 Å². The number of hydrogen-bond donors (Lipinski definition) is 2. The van der Waals surface area contributed by atoms with Crippen LogP contribution in [0, 0.1) is 0 Å². The van der Waals surface area contributed by atoms with Crippen molar-refractivity contribution in [2.24, 2.45) is 0 Å². The fourth-order valence-corrected chi connectivity index (χ4v) is 4.40. The first-order valence-corrected chi connectivity index (χ1v) is 10.9. The minimum atomic E-state index is -0.720. The van der Waals surface area contributed by atoms with Gasteiger partial charge in [0.2, 0.25) is 5.78 Å². The van der Waals surface area contributed by atoms with Gasteiger partial charge in [0.1, 0.15) is 0 Å². The van der Waals surface area contributed by atoms with E-state index in [4.69, 9.17) is 0 Å². The zero-order valence-corrected chi connectivity index (χ0v) is 16.8. The Balaban J connectivity index is 1.56. The summed E-state index contributed by atoms with van der Waals surface area (Å²) in [5, 5.41) is 8.87. The van der Waals surface area contributed by atoms with E-state index in [0.717, 1.165) is 9.77 Å². The lowest BCUT2D eigenvalue weighted by molar-refractivity contribution is -0.136. The molecule has 3 aromatic rings. The molecule has 138 valence electrons. The third-order valence-electron chi connectivity index (χ3n) is 3.65. The number of thiophene rings is 2. The summed E-state index contributed by atoms with van der Waals surface area (Å²) in [5.74, 6) is -1.47. The van der Waals surface area contributed by atoms with Crippen LogP contribution in [0.3, 0.4) is 0 Å². The van der Waals surface area contributed by atoms with E-state index in [2.05, 4.69) is 10.6 Å². The van der Waals surface area contributed by atoms with Crippen LogP contribution in [0.15, 0.2) is 58.1 Å². The van der Waals surface area contributed by atoms with Gasteiger partial charge in [-0.2, -0.15) is 11.3 Å². The third-order valence-corrected chi connectivity index (χ3v) is 6.22. The van der Waals surface area contributed by atoms with Crippen LogP contribution in [0.2, 0.25) is 0 Å². The summed E-state index contributed by atoms with van der Waals surface area (Å²) in [6.45, 7) is 0.192. The highest BCUT2D eigenvalue weighted by molar-refractivity contribution is 7.98. The lowest BCUT2D eigenvalue weighted by Gasteiger charge is -2.09. The molecule has 0 radical (unpaired) electrons. The van der Waals surface area contributed by atoms with Gasteiger partial charge < -0.3 is 10.6 Å². The Labute approximate surface area is 168 Å². The molecule has 2 aromatic heterocycles. The Kier molecular flexibility index (Phi) is 6.44. The van der Waals surface area contributed by atoms with Crippen molar-refractivity contribution in [2.75, 3.05) is 11.6 Å². The van der Waals surface area contributed by atoms with Crippen LogP contribution < -0.4 is 10.6 Å². The van der Waals surface area contributed by atoms with Crippen LogP contribution in [0.4, 0.5) is 5.69 Å². The van der Waals surface area contributed by atoms with E-state index in [1.165, 1.54) is 34.4 Å². The molecule has 5 nitrogen and oxygen atoms in total. The molecule has 0 atom stereocenters. The summed E-state index contributed by atoms with van der Waals surface area (Å²) in [4.78, 5) is 38.7. The van der Waals surface area contributed by atoms with Crippen LogP contribution in [0.1, 0.15) is 20.1 Å². The number of ketones is 1. The SMILES string of the molecule is CSc1ccccc1NC(=O)C(=O)NCc1ccc(C(=O)c2ccsc2)s1. The topological polar surface area (TPSA) is 75.3 Å². The largest absolute Gasteiger partial charge is 0.343 e. The smallest absolute Gasteiger partial charge is 0.313 e. The highest BCUT2D eigenvalue weighted by atomic mass is 32.2. The Bertz CT molecular complexity index is 964. The average Bonchev–Trinajstić information content (AvgIpc) is 3.38. The molecule has 27 heavy (non-hydrogen) atoms. The molecule has 0 bridgehead atoms. The number of amides is 2. The standard InChI is InChI=1S/C19H16N2O3S3/c1-25-15-5-3-2-4-14(15)21-19(24)18(23)20-10-13-6-7-16(27-13)17(22)12-8-9-26-11-12/h2-9,11H,10H2,1H3,(H,20,23)(H,21,24). The number of carbonyl (C=O) groups is 3. The molecular weight excluding hydrogens is 400 g/mol. The van der Waals surface area contributed by atoms with Crippen LogP contribution in [-0.4, -0.2) is 23.9 Å². The van der Waals surface area contributed by atoms with Gasteiger partial charge in [-0.15, -0.1) is 23.1 Å². The van der Waals surface area contributed by atoms with Crippen LogP contribution in [-0.2, 0) is 16.1 Å². The second-order valence-electron chi connectivity index (χ2n) is 5.44. The van der Waals surface area contributed by atoms with E-state index in [1.807, 2.05) is 23.8 Å². The van der Waals surface area contributed by atoms with E-state index in [9.17, 15) is 14.4 Å². The molecule has 0 fully saturated rings. The maximum absolute atomic E-state index is 12.3. The molecule has 0 aliphatic heterocycles. The number of hydrogen-bond acceptors (Lipinski definition) is 6. The van der Waals surface area contributed by atoms with Crippen molar-refractivity contribution in [2.45, 2.75) is 11.4 Å². The monoisotopic (exact) mass is 416 g/mol. The van der Waals surface area contributed by atoms with Gasteiger partial charge in [0.15, 0.2) is 0 Å². The van der Waals surface area contributed by atoms with E-state index in [0.29, 0.717) is 16.1 Å². The predicted molar refractivity (Wildman–Crippen MR) is 111 cm³/mol. The summed E-state index contributed by atoms with van der Waals surface area (Å²) < 4.78 is 0. The van der Waals surface area contributed by atoms with Crippen molar-refractivity contribution in [1.29, 1.82) is 0 Å². The first-order chi connectivity index (χ1) is 13.1. The zero-order chi connectivity index (χ0) is 19.2. The molecular formula is C19H16N2O3S3. The molecule has 2 heterocycles. The van der Waals surface area contributed by atoms with Crippen molar-refractivity contribution >= 4 is 57.7 Å². The van der Waals surface area contributed by atoms with Gasteiger partial charge in [0.05, 0.1) is 17.1 Å². The van der Waals surface area contributed by atoms with Crippen molar-refractivity contribution in [3.05, 3.63) is 68.5 Å². The van der Waals surface area contributed by atoms with Gasteiger partial charge in [0, 0.05) is 20.7 Å². The van der Waals surface area contributed by atoms with Crippen molar-refractivity contribution in [1.82, 2.24) is 5.32 Å². The van der Waals surface area contributed by atoms with Gasteiger partial charge >= 0.3 is 11.8 Å². The molecule has 0 saturated carbocycles. The molecule has 0 aliphatic rings. The summed E-state index contributed by atoms with van der Waals surface area (Å²) in [6.07, 6.45) is 1.90. The number of rotatable bonds is 6. The Morgan fingerprint density at radius 2 is 1.85 bits per heavy atom. The minimum absolute atomic E-state index is 0.0368. The maximum atomic E-state index is 12.3. The van der Waals surface area contributed by atoms with Crippen LogP contribution in [0.25, 0.3) is 0 Å². The normalized spacial score (nSPS) is 10.4. The lowest BCUT2D eigenvalue weighted by Crippen LogP contribution is -2.34. The number of para-hydroxylation sites is 1. The molecule has 0 saturated heterocycles. The Morgan fingerprint density at radius 1 is 1.04 bits per heavy atom. The van der Waals surface area contributed by atoms with E-state index in [-0.39, 0.29) is 12.3 Å². The first-order valence-electron chi connectivity index (χ1n) is 7.96. The Hall–Kier alpha value is -2.42. The van der Waals surface area contributed by atoms with Crippen LogP contribution >= 0.6 is 34.4 Å². The molecule has 8 heteroatoms. The van der Waals surface area contributed by atoms with Gasteiger partial charge in [-0.25, -0.2) is 0 Å². The quantitative estimate of drug-likeness (QED) is 0.362. The molecule has 0 unspecified atom stereocenters. The molecule has 0 spiro atoms. The predicted octanol–water partition coefficient (Wildman–Crippen LogP) is 4.02. The Morgan fingerprint density at radius 3 is 2.59 bits per heavy atom. The van der Waals surface area contributed by atoms with Gasteiger partial charge in [0.25, 0.3) is 0 Å². The summed E-state index contributed by atoms with van der Waals surface area (Å²) >= 11 is 4.27. The number of carbonyl (C=O) groups excluding carboxylic acids is 3. The summed E-state index contributed by atoms with van der Waals surface area (Å²) in [6, 6.07) is 12.6. The molecule has 1 aromatic carbocycles. The minimum Gasteiger partial charge on any atom is -0.343 e. The molecule has 2 N–H and O–H groups in total. The first kappa shape index (κ1) is 19.3. The van der Waals surface area contributed by atoms with Gasteiger partial charge in [-0.3, -0.25) is 14.4 Å². The number of nitrogens with one attached hydrogen (secondary N) is 2. The third kappa shape index (κ3) is 4.85. The average molecular weight is 417 g/mol. The lowest BCUT2D eigenvalue weighted by atomic mass is 10.2. The number of thioether (sulfide) groups is 1. The second kappa shape index (κ2) is 8.98. The van der Waals surface area contributed by atoms with Crippen LogP contribution in [0.5, 0.6) is 0 Å². The highest BCUT2D eigenvalue weighted by Crippen LogP contribution is 2.24. The van der Waals surface area contributed by atoms with E-state index in [1.54, 1.807) is 35.7 Å². The summed E-state index contributed by atoms with van der Waals surface area (Å²) in [7, 11) is 0. The van der Waals surface area contributed by atoms with Crippen molar-refractivity contribution < 1.29 is 14.4 Å². The zero-order valence-electron chi connectivity index (χ0n) is 14.4. The number of benzene rings is 1. The van der Waals surface area contributed by atoms with E-state index < -0.39 is 11.8 Å². The maximum Gasteiger partial charge on any atom is 0.313 e. The van der Waals surface area contributed by atoms with Crippen molar-refractivity contribution in [3.63, 3.8) is 0 Å². The fraction of sp³-hybridized carbons (Fsp3) is 0.105. The second-order valence-corrected chi connectivity index (χ2v) is 8.24. The molecule has 0 aliphatic carbocycles. The van der Waals surface area contributed by atoms with Gasteiger partial charge in [-0.05, 0) is 42.0 Å². The number of anilines is 1. The molecule has 3 rings (SSSR count). The van der Waals surface area contributed by atoms with Crippen molar-refractivity contribution in [3.8, 4) is 0 Å².